The Bertz CT molecular complexity index is 332. The maximum atomic E-state index is 12.0. The molecule has 4 aliphatic carbocycles. The highest BCUT2D eigenvalue weighted by atomic mass is 35.5. The second-order valence-corrected chi connectivity index (χ2v) is 7.49. The summed E-state index contributed by atoms with van der Waals surface area (Å²) in [4.78, 5) is 12.0. The normalized spacial score (nSPS) is 43.5. The minimum atomic E-state index is 0. The van der Waals surface area contributed by atoms with Crippen molar-refractivity contribution in [2.45, 2.75) is 38.5 Å². The topological polar surface area (TPSA) is 41.1 Å². The average Bonchev–Trinajstić information content (AvgIpc) is 2.22. The van der Waals surface area contributed by atoms with Crippen LogP contribution in [0.2, 0.25) is 0 Å². The van der Waals surface area contributed by atoms with Crippen molar-refractivity contribution in [1.82, 2.24) is 10.6 Å². The number of hydrogen-bond acceptors (Lipinski definition) is 2. The van der Waals surface area contributed by atoms with Crippen LogP contribution in [0, 0.1) is 29.1 Å². The van der Waals surface area contributed by atoms with Crippen LogP contribution >= 0.6 is 12.4 Å². The molecule has 4 bridgehead atoms. The van der Waals surface area contributed by atoms with E-state index in [4.69, 9.17) is 0 Å². The van der Waals surface area contributed by atoms with Gasteiger partial charge < -0.3 is 10.6 Å². The molecule has 19 heavy (non-hydrogen) atoms. The third kappa shape index (κ3) is 2.40. The van der Waals surface area contributed by atoms with Gasteiger partial charge in [-0.3, -0.25) is 4.79 Å². The van der Waals surface area contributed by atoms with Crippen molar-refractivity contribution in [1.29, 1.82) is 0 Å². The predicted octanol–water partition coefficient (Wildman–Crippen LogP) is 1.96. The van der Waals surface area contributed by atoms with Crippen molar-refractivity contribution < 1.29 is 4.79 Å². The van der Waals surface area contributed by atoms with Gasteiger partial charge in [-0.15, -0.1) is 12.4 Å². The largest absolute Gasteiger partial charge is 0.355 e. The third-order valence-corrected chi connectivity index (χ3v) is 5.95. The standard InChI is InChI=1S/C15H24N2O.ClH/c18-14(13-7-16-8-13)17-9-15-4-10-1-11(5-15)3-12(2-10)6-15;/h10-13,16H,1-9H2,(H,17,18);1H. The summed E-state index contributed by atoms with van der Waals surface area (Å²) in [5, 5.41) is 6.44. The maximum absolute atomic E-state index is 12.0. The molecule has 2 N–H and O–H groups in total. The summed E-state index contributed by atoms with van der Waals surface area (Å²) in [5.74, 6) is 3.50. The maximum Gasteiger partial charge on any atom is 0.225 e. The van der Waals surface area contributed by atoms with Crippen LogP contribution in [0.25, 0.3) is 0 Å². The molecule has 1 saturated heterocycles. The van der Waals surface area contributed by atoms with Crippen molar-refractivity contribution in [3.8, 4) is 0 Å². The van der Waals surface area contributed by atoms with Gasteiger partial charge in [0, 0.05) is 19.6 Å². The summed E-state index contributed by atoms with van der Waals surface area (Å²) in [6.45, 7) is 2.73. The number of carbonyl (C=O) groups is 1. The molecule has 0 radical (unpaired) electrons. The molecule has 0 aromatic carbocycles. The van der Waals surface area contributed by atoms with Gasteiger partial charge in [-0.1, -0.05) is 0 Å². The molecule has 4 saturated carbocycles. The second-order valence-electron chi connectivity index (χ2n) is 7.49. The van der Waals surface area contributed by atoms with E-state index in [0.29, 0.717) is 11.3 Å². The number of rotatable bonds is 3. The second kappa shape index (κ2) is 4.92. The van der Waals surface area contributed by atoms with Gasteiger partial charge in [0.05, 0.1) is 5.92 Å². The van der Waals surface area contributed by atoms with Gasteiger partial charge in [-0.05, 0) is 61.7 Å². The molecule has 5 aliphatic rings. The quantitative estimate of drug-likeness (QED) is 0.832. The highest BCUT2D eigenvalue weighted by Crippen LogP contribution is 2.59. The van der Waals surface area contributed by atoms with Crippen LogP contribution in [-0.4, -0.2) is 25.5 Å². The molecule has 0 aromatic rings. The molecule has 4 heteroatoms. The van der Waals surface area contributed by atoms with E-state index in [0.717, 1.165) is 37.4 Å². The van der Waals surface area contributed by atoms with Gasteiger partial charge in [0.15, 0.2) is 0 Å². The Morgan fingerprint density at radius 3 is 2.00 bits per heavy atom. The van der Waals surface area contributed by atoms with E-state index < -0.39 is 0 Å². The number of nitrogens with one attached hydrogen (secondary N) is 2. The van der Waals surface area contributed by atoms with Gasteiger partial charge in [0.2, 0.25) is 5.91 Å². The van der Waals surface area contributed by atoms with Crippen molar-refractivity contribution >= 4 is 18.3 Å². The summed E-state index contributed by atoms with van der Waals surface area (Å²) >= 11 is 0. The first kappa shape index (κ1) is 13.7. The van der Waals surface area contributed by atoms with Crippen molar-refractivity contribution in [3.63, 3.8) is 0 Å². The van der Waals surface area contributed by atoms with Gasteiger partial charge in [0.1, 0.15) is 0 Å². The summed E-state index contributed by atoms with van der Waals surface area (Å²) in [6, 6.07) is 0. The zero-order valence-electron chi connectivity index (χ0n) is 11.5. The highest BCUT2D eigenvalue weighted by molar-refractivity contribution is 5.85. The Kier molecular flexibility index (Phi) is 3.55. The van der Waals surface area contributed by atoms with Crippen LogP contribution < -0.4 is 10.6 Å². The fraction of sp³-hybridized carbons (Fsp3) is 0.933. The number of amides is 1. The minimum absolute atomic E-state index is 0. The molecule has 0 aromatic heterocycles. The lowest BCUT2D eigenvalue weighted by atomic mass is 9.49. The molecular weight excluding hydrogens is 260 g/mol. The zero-order valence-corrected chi connectivity index (χ0v) is 12.3. The Labute approximate surface area is 121 Å². The summed E-state index contributed by atoms with van der Waals surface area (Å²) in [6.07, 6.45) is 8.63. The van der Waals surface area contributed by atoms with Crippen LogP contribution in [0.15, 0.2) is 0 Å². The number of carbonyl (C=O) groups excluding carboxylic acids is 1. The predicted molar refractivity (Wildman–Crippen MR) is 77.2 cm³/mol. The fourth-order valence-electron chi connectivity index (χ4n) is 5.40. The van der Waals surface area contributed by atoms with E-state index in [-0.39, 0.29) is 18.3 Å². The molecular formula is C15H25ClN2O. The van der Waals surface area contributed by atoms with Gasteiger partial charge in [0.25, 0.3) is 0 Å². The van der Waals surface area contributed by atoms with E-state index in [1.54, 1.807) is 0 Å². The molecule has 3 nitrogen and oxygen atoms in total. The van der Waals surface area contributed by atoms with E-state index in [9.17, 15) is 4.79 Å². The molecule has 0 atom stereocenters. The van der Waals surface area contributed by atoms with Crippen molar-refractivity contribution in [2.75, 3.05) is 19.6 Å². The summed E-state index contributed by atoms with van der Waals surface area (Å²) < 4.78 is 0. The highest BCUT2D eigenvalue weighted by Gasteiger charge is 2.50. The molecule has 1 heterocycles. The number of halogens is 1. The molecule has 0 unspecified atom stereocenters. The van der Waals surface area contributed by atoms with E-state index in [1.807, 2.05) is 0 Å². The summed E-state index contributed by atoms with van der Waals surface area (Å²) in [5.41, 5.74) is 0.488. The smallest absolute Gasteiger partial charge is 0.225 e. The van der Waals surface area contributed by atoms with Crippen LogP contribution in [-0.2, 0) is 4.79 Å². The van der Waals surface area contributed by atoms with Crippen LogP contribution in [0.3, 0.4) is 0 Å². The summed E-state index contributed by atoms with van der Waals surface area (Å²) in [7, 11) is 0. The van der Waals surface area contributed by atoms with Gasteiger partial charge in [-0.25, -0.2) is 0 Å². The van der Waals surface area contributed by atoms with Crippen LogP contribution in [0.4, 0.5) is 0 Å². The lowest BCUT2D eigenvalue weighted by molar-refractivity contribution is -0.128. The zero-order chi connectivity index (χ0) is 12.2. The molecule has 108 valence electrons. The van der Waals surface area contributed by atoms with Crippen molar-refractivity contribution in [2.24, 2.45) is 29.1 Å². The monoisotopic (exact) mass is 284 g/mol. The SMILES string of the molecule is Cl.O=C(NCC12CC3CC(CC(C3)C1)C2)C1CNC1. The minimum Gasteiger partial charge on any atom is -0.355 e. The lowest BCUT2D eigenvalue weighted by Crippen LogP contribution is -2.55. The molecule has 5 fully saturated rings. The molecule has 0 spiro atoms. The Morgan fingerprint density at radius 1 is 1.05 bits per heavy atom. The third-order valence-electron chi connectivity index (χ3n) is 5.95. The fourth-order valence-corrected chi connectivity index (χ4v) is 5.40. The van der Waals surface area contributed by atoms with E-state index in [1.165, 1.54) is 38.5 Å². The van der Waals surface area contributed by atoms with Gasteiger partial charge in [-0.2, -0.15) is 0 Å². The van der Waals surface area contributed by atoms with E-state index >= 15 is 0 Å². The van der Waals surface area contributed by atoms with Crippen LogP contribution in [0.5, 0.6) is 0 Å². The van der Waals surface area contributed by atoms with Crippen molar-refractivity contribution in [3.05, 3.63) is 0 Å². The first-order chi connectivity index (χ1) is 8.72. The Morgan fingerprint density at radius 2 is 1.58 bits per heavy atom. The van der Waals surface area contributed by atoms with Crippen LogP contribution in [0.1, 0.15) is 38.5 Å². The number of hydrogen-bond donors (Lipinski definition) is 2. The first-order valence-corrected chi connectivity index (χ1v) is 7.71. The molecule has 1 aliphatic heterocycles. The Hall–Kier alpha value is -0.280. The molecule has 5 rings (SSSR count). The van der Waals surface area contributed by atoms with Gasteiger partial charge >= 0.3 is 0 Å². The average molecular weight is 285 g/mol. The van der Waals surface area contributed by atoms with E-state index in [2.05, 4.69) is 10.6 Å². The first-order valence-electron chi connectivity index (χ1n) is 7.71. The Balaban J connectivity index is 0.00000110. The molecule has 1 amide bonds. The lowest BCUT2D eigenvalue weighted by Gasteiger charge is -2.57.